The highest BCUT2D eigenvalue weighted by atomic mass is 35.5. The van der Waals surface area contributed by atoms with E-state index in [4.69, 9.17) is 26.2 Å². The minimum atomic E-state index is -3.88. The zero-order valence-electron chi connectivity index (χ0n) is 18.8. The van der Waals surface area contributed by atoms with E-state index in [0.717, 1.165) is 30.6 Å². The lowest BCUT2D eigenvalue weighted by Crippen LogP contribution is -2.50. The fourth-order valence-electron chi connectivity index (χ4n) is 5.51. The number of ether oxygens (including phenoxy) is 2. The molecule has 3 aliphatic rings. The molecule has 34 heavy (non-hydrogen) atoms. The van der Waals surface area contributed by atoms with Crippen LogP contribution in [0.1, 0.15) is 24.8 Å². The third-order valence-electron chi connectivity index (χ3n) is 7.56. The molecular formula is C25H29ClN2O5S. The van der Waals surface area contributed by atoms with Gasteiger partial charge in [-0.25, -0.2) is 13.6 Å². The Morgan fingerprint density at radius 3 is 2.76 bits per heavy atom. The molecule has 2 aromatic rings. The molecule has 0 radical (unpaired) electrons. The first kappa shape index (κ1) is 23.5. The van der Waals surface area contributed by atoms with Crippen molar-refractivity contribution < 1.29 is 23.0 Å². The van der Waals surface area contributed by atoms with E-state index >= 15 is 0 Å². The van der Waals surface area contributed by atoms with Crippen molar-refractivity contribution in [2.24, 2.45) is 17.0 Å². The zero-order chi connectivity index (χ0) is 24.1. The molecule has 0 unspecified atom stereocenters. The Morgan fingerprint density at radius 1 is 1.24 bits per heavy atom. The van der Waals surface area contributed by atoms with Crippen LogP contribution in [0.15, 0.2) is 53.9 Å². The second-order valence-electron chi connectivity index (χ2n) is 9.59. The summed E-state index contributed by atoms with van der Waals surface area (Å²) in [6, 6.07) is 10.5. The molecule has 0 amide bonds. The molecule has 4 atom stereocenters. The van der Waals surface area contributed by atoms with Crippen molar-refractivity contribution in [3.8, 4) is 11.5 Å². The largest absolute Gasteiger partial charge is 0.493 e. The van der Waals surface area contributed by atoms with Crippen molar-refractivity contribution in [2.75, 3.05) is 31.2 Å². The molecule has 1 aliphatic carbocycles. The molecule has 9 heteroatoms. The summed E-state index contributed by atoms with van der Waals surface area (Å²) in [7, 11) is -3.88. The first-order chi connectivity index (χ1) is 16.2. The number of nitrogens with zero attached hydrogens (tertiary/aromatic N) is 1. The summed E-state index contributed by atoms with van der Waals surface area (Å²) in [5.74, 6) is 1.75. The van der Waals surface area contributed by atoms with Crippen LogP contribution < -0.4 is 19.5 Å². The molecule has 0 saturated heterocycles. The van der Waals surface area contributed by atoms with Gasteiger partial charge in [-0.1, -0.05) is 23.7 Å². The minimum absolute atomic E-state index is 0.0474. The SMILES string of the molecule is C=C[C@H](O)[C@@H]1CC[C@H]1CN1C[C@@]2(CCOc3cc(Cl)ccc32)COc2ccc(S(N)(=O)=O)cc21. The van der Waals surface area contributed by atoms with Crippen LogP contribution in [-0.4, -0.2) is 45.9 Å². The third kappa shape index (κ3) is 4.17. The van der Waals surface area contributed by atoms with Gasteiger partial charge in [0.1, 0.15) is 11.5 Å². The molecule has 3 N–H and O–H groups in total. The number of nitrogens with two attached hydrogens (primary N) is 1. The van der Waals surface area contributed by atoms with E-state index < -0.39 is 16.1 Å². The first-order valence-corrected chi connectivity index (χ1v) is 13.4. The van der Waals surface area contributed by atoms with E-state index in [2.05, 4.69) is 11.5 Å². The van der Waals surface area contributed by atoms with Gasteiger partial charge in [0.25, 0.3) is 0 Å². The van der Waals surface area contributed by atoms with Crippen LogP contribution in [-0.2, 0) is 15.4 Å². The molecule has 182 valence electrons. The highest BCUT2D eigenvalue weighted by Gasteiger charge is 2.45. The van der Waals surface area contributed by atoms with Gasteiger partial charge in [0.2, 0.25) is 10.0 Å². The number of anilines is 1. The zero-order valence-corrected chi connectivity index (χ0v) is 20.4. The van der Waals surface area contributed by atoms with E-state index in [-0.39, 0.29) is 22.1 Å². The molecule has 1 fully saturated rings. The van der Waals surface area contributed by atoms with Gasteiger partial charge in [0.15, 0.2) is 0 Å². The number of hydrogen-bond donors (Lipinski definition) is 2. The highest BCUT2D eigenvalue weighted by Crippen LogP contribution is 2.47. The Labute approximate surface area is 205 Å². The van der Waals surface area contributed by atoms with Crippen molar-refractivity contribution in [3.63, 3.8) is 0 Å². The monoisotopic (exact) mass is 504 g/mol. The van der Waals surface area contributed by atoms with Crippen LogP contribution >= 0.6 is 11.6 Å². The van der Waals surface area contributed by atoms with Crippen LogP contribution in [0, 0.1) is 11.8 Å². The number of primary sulfonamides is 1. The summed E-state index contributed by atoms with van der Waals surface area (Å²) in [5, 5.41) is 16.4. The Bertz CT molecular complexity index is 1220. The van der Waals surface area contributed by atoms with Crippen LogP contribution in [0.2, 0.25) is 5.02 Å². The summed E-state index contributed by atoms with van der Waals surface area (Å²) < 4.78 is 36.5. The van der Waals surface area contributed by atoms with Crippen LogP contribution in [0.25, 0.3) is 0 Å². The second kappa shape index (κ2) is 8.75. The van der Waals surface area contributed by atoms with Gasteiger partial charge in [-0.15, -0.1) is 6.58 Å². The lowest BCUT2D eigenvalue weighted by atomic mass is 9.70. The van der Waals surface area contributed by atoms with Crippen LogP contribution in [0.4, 0.5) is 5.69 Å². The van der Waals surface area contributed by atoms with Gasteiger partial charge in [0, 0.05) is 23.7 Å². The van der Waals surface area contributed by atoms with E-state index in [9.17, 15) is 13.5 Å². The summed E-state index contributed by atoms with van der Waals surface area (Å²) in [6.45, 7) is 5.97. The maximum Gasteiger partial charge on any atom is 0.238 e. The fraction of sp³-hybridized carbons (Fsp3) is 0.440. The van der Waals surface area contributed by atoms with E-state index in [1.54, 1.807) is 18.2 Å². The lowest BCUT2D eigenvalue weighted by Gasteiger charge is -2.45. The van der Waals surface area contributed by atoms with Crippen LogP contribution in [0.3, 0.4) is 0 Å². The summed E-state index contributed by atoms with van der Waals surface area (Å²) in [4.78, 5) is 2.25. The number of aliphatic hydroxyl groups is 1. The van der Waals surface area contributed by atoms with E-state index in [1.165, 1.54) is 6.07 Å². The molecule has 1 spiro atoms. The van der Waals surface area contributed by atoms with Gasteiger partial charge in [-0.3, -0.25) is 0 Å². The molecule has 5 rings (SSSR count). The Balaban J connectivity index is 1.57. The predicted octanol–water partition coefficient (Wildman–Crippen LogP) is 3.48. The smallest absolute Gasteiger partial charge is 0.238 e. The van der Waals surface area contributed by atoms with Gasteiger partial charge < -0.3 is 19.5 Å². The van der Waals surface area contributed by atoms with Crippen molar-refractivity contribution >= 4 is 27.3 Å². The Kier molecular flexibility index (Phi) is 6.04. The number of aliphatic hydroxyl groups excluding tert-OH is 1. The molecular weight excluding hydrogens is 476 g/mol. The van der Waals surface area contributed by atoms with Crippen molar-refractivity contribution in [1.82, 2.24) is 0 Å². The Morgan fingerprint density at radius 2 is 2.06 bits per heavy atom. The quantitative estimate of drug-likeness (QED) is 0.604. The molecule has 0 bridgehead atoms. The van der Waals surface area contributed by atoms with Gasteiger partial charge in [-0.05, 0) is 61.4 Å². The lowest BCUT2D eigenvalue weighted by molar-refractivity contribution is 0.0458. The van der Waals surface area contributed by atoms with Gasteiger partial charge in [-0.2, -0.15) is 0 Å². The summed E-state index contributed by atoms with van der Waals surface area (Å²) in [5.41, 5.74) is 1.36. The molecule has 2 aromatic carbocycles. The van der Waals surface area contributed by atoms with E-state index in [0.29, 0.717) is 42.8 Å². The maximum atomic E-state index is 12.1. The summed E-state index contributed by atoms with van der Waals surface area (Å²) >= 11 is 6.23. The maximum absolute atomic E-state index is 12.1. The molecule has 2 aliphatic heterocycles. The number of rotatable bonds is 5. The standard InChI is InChI=1S/C25H29ClN2O5S/c1-2-22(29)19-6-3-16(19)13-28-14-25(9-10-32-24-11-17(26)4-7-20(24)25)15-33-23-8-5-18(12-21(23)28)34(27,30)31/h2,4-5,7-8,11-12,16,19,22,29H,1,3,6,9-10,13-15H2,(H2,27,30,31)/t16-,19+,22-,25-/m0/s1. The molecule has 0 aromatic heterocycles. The second-order valence-corrected chi connectivity index (χ2v) is 11.6. The predicted molar refractivity (Wildman–Crippen MR) is 131 cm³/mol. The van der Waals surface area contributed by atoms with Gasteiger partial charge >= 0.3 is 0 Å². The normalized spacial score (nSPS) is 26.9. The number of halogens is 1. The fourth-order valence-corrected chi connectivity index (χ4v) is 6.20. The van der Waals surface area contributed by atoms with Crippen molar-refractivity contribution in [3.05, 3.63) is 59.6 Å². The number of fused-ring (bicyclic) bond motifs is 3. The molecule has 2 heterocycles. The average Bonchev–Trinajstić information content (AvgIpc) is 2.93. The van der Waals surface area contributed by atoms with E-state index in [1.807, 2.05) is 18.2 Å². The minimum Gasteiger partial charge on any atom is -0.493 e. The number of hydrogen-bond acceptors (Lipinski definition) is 6. The first-order valence-electron chi connectivity index (χ1n) is 11.5. The summed E-state index contributed by atoms with van der Waals surface area (Å²) in [6.07, 6.45) is 3.70. The highest BCUT2D eigenvalue weighted by molar-refractivity contribution is 7.89. The third-order valence-corrected chi connectivity index (χ3v) is 8.71. The topological polar surface area (TPSA) is 102 Å². The van der Waals surface area contributed by atoms with Crippen molar-refractivity contribution in [1.29, 1.82) is 0 Å². The van der Waals surface area contributed by atoms with Crippen LogP contribution in [0.5, 0.6) is 11.5 Å². The number of benzene rings is 2. The van der Waals surface area contributed by atoms with Crippen molar-refractivity contribution in [2.45, 2.75) is 35.7 Å². The molecule has 1 saturated carbocycles. The van der Waals surface area contributed by atoms with Gasteiger partial charge in [0.05, 0.1) is 35.3 Å². The number of sulfonamides is 1. The Hall–Kier alpha value is -2.26. The average molecular weight is 505 g/mol. The molecule has 7 nitrogen and oxygen atoms in total.